The predicted molar refractivity (Wildman–Crippen MR) is 347 cm³/mol. The first-order valence-corrected chi connectivity index (χ1v) is 33.9. The molecule has 472 valence electrons. The normalized spacial score (nSPS) is 20.7. The molecule has 0 spiro atoms. The maximum absolute atomic E-state index is 15.3. The maximum Gasteiger partial charge on any atom is 0.407 e. The van der Waals surface area contributed by atoms with E-state index in [1.807, 2.05) is 107 Å². The number of thioether (sulfide) groups is 1. The van der Waals surface area contributed by atoms with Crippen molar-refractivity contribution in [1.29, 1.82) is 0 Å². The van der Waals surface area contributed by atoms with E-state index in [1.165, 1.54) is 18.2 Å². The molecule has 0 aromatic heterocycles. The minimum Gasteiger partial charge on any atom is -0.461 e. The van der Waals surface area contributed by atoms with E-state index in [0.717, 1.165) is 96.7 Å². The van der Waals surface area contributed by atoms with Crippen molar-refractivity contribution in [3.63, 3.8) is 0 Å². The van der Waals surface area contributed by atoms with E-state index in [-0.39, 0.29) is 60.0 Å². The van der Waals surface area contributed by atoms with Crippen LogP contribution in [0.2, 0.25) is 0 Å². The van der Waals surface area contributed by atoms with Crippen molar-refractivity contribution in [3.8, 4) is 11.1 Å². The molecule has 3 aliphatic carbocycles. The number of likely N-dealkylation sites (tertiary alicyclic amines) is 2. The zero-order valence-corrected chi connectivity index (χ0v) is 53.1. The summed E-state index contributed by atoms with van der Waals surface area (Å²) in [5, 5.41) is 11.8. The molecule has 2 saturated carbocycles. The zero-order valence-electron chi connectivity index (χ0n) is 52.2. The van der Waals surface area contributed by atoms with Crippen LogP contribution in [0, 0.1) is 17.8 Å². The van der Waals surface area contributed by atoms with Crippen LogP contribution in [0.5, 0.6) is 0 Å². The Hall–Kier alpha value is -7.46. The van der Waals surface area contributed by atoms with Crippen molar-refractivity contribution in [2.45, 2.75) is 183 Å². The van der Waals surface area contributed by atoms with Gasteiger partial charge in [0.05, 0.1) is 11.3 Å². The fourth-order valence-corrected chi connectivity index (χ4v) is 16.1. The molecule has 15 nitrogen and oxygen atoms in total. The Kier molecular flexibility index (Phi) is 22.0. The van der Waals surface area contributed by atoms with Gasteiger partial charge >= 0.3 is 12.1 Å². The molecule has 16 heteroatoms. The zero-order chi connectivity index (χ0) is 62.4. The number of nitrogens with zero attached hydrogens (tertiary/aromatic N) is 2. The Labute approximate surface area is 530 Å². The Morgan fingerprint density at radius 2 is 1.18 bits per heavy atom. The second-order valence-electron chi connectivity index (χ2n) is 25.7. The molecule has 0 unspecified atom stereocenters. The molecule has 5 aliphatic rings. The monoisotopic (exact) mass is 1230 g/mol. The molecule has 0 bridgehead atoms. The molecular weight excluding hydrogens is 1140 g/mol. The predicted octanol–water partition coefficient (Wildman–Crippen LogP) is 11.6. The van der Waals surface area contributed by atoms with Crippen LogP contribution < -0.4 is 21.3 Å². The molecule has 6 amide bonds. The number of fused-ring (bicyclic) bond motifs is 4. The summed E-state index contributed by atoms with van der Waals surface area (Å²) in [7, 11) is 0. The van der Waals surface area contributed by atoms with E-state index in [4.69, 9.17) is 9.47 Å². The van der Waals surface area contributed by atoms with Gasteiger partial charge in [0.2, 0.25) is 29.5 Å². The van der Waals surface area contributed by atoms with Crippen molar-refractivity contribution in [3.05, 3.63) is 167 Å². The topological polar surface area (TPSA) is 193 Å². The Bertz CT molecular complexity index is 3090. The van der Waals surface area contributed by atoms with Gasteiger partial charge in [-0.15, -0.1) is 11.8 Å². The first kappa shape index (κ1) is 64.5. The number of carbonyl (C=O) groups is 7. The average molecular weight is 1230 g/mol. The molecule has 5 aromatic rings. The largest absolute Gasteiger partial charge is 0.461 e. The third-order valence-corrected chi connectivity index (χ3v) is 20.9. The highest BCUT2D eigenvalue weighted by atomic mass is 32.2. The Morgan fingerprint density at radius 1 is 0.618 bits per heavy atom. The van der Waals surface area contributed by atoms with Gasteiger partial charge in [-0.3, -0.25) is 24.0 Å². The van der Waals surface area contributed by atoms with Crippen molar-refractivity contribution >= 4 is 53.4 Å². The summed E-state index contributed by atoms with van der Waals surface area (Å²) in [5.74, 6) is -3.17. The van der Waals surface area contributed by atoms with Crippen molar-refractivity contribution in [1.82, 2.24) is 31.1 Å². The lowest BCUT2D eigenvalue weighted by atomic mass is 9.84. The van der Waals surface area contributed by atoms with Gasteiger partial charge in [-0.2, -0.15) is 0 Å². The summed E-state index contributed by atoms with van der Waals surface area (Å²) in [4.78, 5) is 106. The highest BCUT2D eigenvalue weighted by molar-refractivity contribution is 8.00. The molecule has 2 aliphatic heterocycles. The Morgan fingerprint density at radius 3 is 1.78 bits per heavy atom. The van der Waals surface area contributed by atoms with Gasteiger partial charge in [-0.25, -0.2) is 9.59 Å². The molecule has 0 radical (unpaired) electrons. The Balaban J connectivity index is 0.853. The van der Waals surface area contributed by atoms with Crippen LogP contribution in [0.1, 0.15) is 164 Å². The van der Waals surface area contributed by atoms with E-state index < -0.39 is 71.3 Å². The van der Waals surface area contributed by atoms with Crippen molar-refractivity contribution in [2.24, 2.45) is 17.8 Å². The molecule has 10 rings (SSSR count). The SMILES string of the molecule is CC[C@H](C)[C@H](NC(=O)[C@H](CSC(c1ccccc1)(c1ccccc1)c1ccccc1)NC(=O)CNC(=O)[C@@H]1C[C@@H]2CCCC[C@@H]2N1C(=O)[C@@H]1CCCN1C(=O)[C@H](CC(C)C)NC(=O)OCC1c2ccccc2-c2ccccc21)C(=O)OC1CCCCCCC1. The molecular formula is C73H90N6O9S. The van der Waals surface area contributed by atoms with Gasteiger partial charge in [0.25, 0.3) is 0 Å². The number of ether oxygens (including phenoxy) is 2. The molecule has 4 fully saturated rings. The smallest absolute Gasteiger partial charge is 0.407 e. The molecule has 5 aromatic carbocycles. The molecule has 89 heavy (non-hydrogen) atoms. The van der Waals surface area contributed by atoms with Gasteiger partial charge in [0, 0.05) is 24.3 Å². The fraction of sp³-hybridized carbons (Fsp3) is 0.493. The van der Waals surface area contributed by atoms with E-state index in [2.05, 4.69) is 81.9 Å². The van der Waals surface area contributed by atoms with E-state index in [9.17, 15) is 24.0 Å². The molecule has 8 atom stereocenters. The quantitative estimate of drug-likeness (QED) is 0.0361. The first-order chi connectivity index (χ1) is 43.2. The van der Waals surface area contributed by atoms with E-state index >= 15 is 9.59 Å². The van der Waals surface area contributed by atoms with Gasteiger partial charge in [-0.1, -0.05) is 206 Å². The molecule has 2 saturated heterocycles. The average Bonchev–Trinajstić information content (AvgIpc) is 1.91. The van der Waals surface area contributed by atoms with E-state index in [1.54, 1.807) is 9.80 Å². The number of hydrogen-bond acceptors (Lipinski definition) is 10. The van der Waals surface area contributed by atoms with E-state index in [0.29, 0.717) is 45.1 Å². The van der Waals surface area contributed by atoms with Crippen LogP contribution in [-0.2, 0) is 43.0 Å². The molecule has 2 heterocycles. The highest BCUT2D eigenvalue weighted by Gasteiger charge is 2.51. The fourth-order valence-electron chi connectivity index (χ4n) is 14.5. The summed E-state index contributed by atoms with van der Waals surface area (Å²) in [6, 6.07) is 41.2. The number of alkyl carbamates (subject to hydrolysis) is 1. The maximum atomic E-state index is 15.3. The number of carbonyl (C=O) groups excluding carboxylic acids is 7. The van der Waals surface area contributed by atoms with Crippen LogP contribution in [0.4, 0.5) is 4.79 Å². The first-order valence-electron chi connectivity index (χ1n) is 32.9. The summed E-state index contributed by atoms with van der Waals surface area (Å²) in [5.41, 5.74) is 7.24. The number of rotatable bonds is 23. The number of esters is 1. The van der Waals surface area contributed by atoms with Gasteiger partial charge in [-0.05, 0) is 121 Å². The summed E-state index contributed by atoms with van der Waals surface area (Å²) >= 11 is 1.49. The van der Waals surface area contributed by atoms with Gasteiger partial charge in [0.15, 0.2) is 0 Å². The lowest BCUT2D eigenvalue weighted by molar-refractivity contribution is -0.155. The number of nitrogens with one attached hydrogen (secondary N) is 4. The second-order valence-corrected chi connectivity index (χ2v) is 26.9. The second kappa shape index (κ2) is 30.4. The number of benzene rings is 5. The third-order valence-electron chi connectivity index (χ3n) is 19.3. The number of amides is 6. The minimum absolute atomic E-state index is 0.0158. The molecule has 4 N–H and O–H groups in total. The number of hydrogen-bond donors (Lipinski definition) is 4. The van der Waals surface area contributed by atoms with Gasteiger partial charge < -0.3 is 40.5 Å². The third kappa shape index (κ3) is 15.1. The summed E-state index contributed by atoms with van der Waals surface area (Å²) < 4.78 is 11.3. The standard InChI is InChI=1S/C73H90N6O9S/c1-5-49(4)66(71(85)88-54-34-18-7-6-8-19-35-54)77-67(81)61(47-89-73(51-28-12-9-13-29-51,52-30-14-10-15-31-52)53-32-16-11-17-33-53)75-65(80)45-74-68(82)64-44-50-27-20-25-40-62(50)79(64)70(84)63-41-26-42-78(63)69(83)60(43-48(2)3)76-72(86)87-46-59-57-38-23-21-36-55(57)56-37-22-24-39-58(56)59/h9-17,21-24,28-33,36-39,48-50,54,59-64,66H,5-8,18-20,25-27,34-35,40-47H2,1-4H3,(H,74,82)(H,75,80)(H,76,86)(H,77,81)/t49-,50-,60-,61-,62-,63-,64-,66-/m0/s1. The highest BCUT2D eigenvalue weighted by Crippen LogP contribution is 2.49. The summed E-state index contributed by atoms with van der Waals surface area (Å²) in [6.07, 6.45) is 11.5. The van der Waals surface area contributed by atoms with Crippen LogP contribution in [0.15, 0.2) is 140 Å². The lowest BCUT2D eigenvalue weighted by Gasteiger charge is -2.37. The lowest BCUT2D eigenvalue weighted by Crippen LogP contribution is -2.59. The van der Waals surface area contributed by atoms with Crippen molar-refractivity contribution < 1.29 is 43.0 Å². The van der Waals surface area contributed by atoms with Crippen LogP contribution in [0.3, 0.4) is 0 Å². The van der Waals surface area contributed by atoms with Crippen LogP contribution >= 0.6 is 11.8 Å². The summed E-state index contributed by atoms with van der Waals surface area (Å²) in [6.45, 7) is 7.74. The van der Waals surface area contributed by atoms with Gasteiger partial charge in [0.1, 0.15) is 42.9 Å². The minimum atomic E-state index is -1.20. The van der Waals surface area contributed by atoms with Crippen LogP contribution in [0.25, 0.3) is 11.1 Å². The van der Waals surface area contributed by atoms with Crippen LogP contribution in [-0.4, -0.2) is 119 Å². The van der Waals surface area contributed by atoms with Crippen molar-refractivity contribution in [2.75, 3.05) is 25.4 Å².